The molecular weight excluding hydrogens is 277 g/mol. The smallest absolute Gasteiger partial charge is 0.466 e. The second kappa shape index (κ2) is 6.56. The number of carbonyl (C=O) groups is 1. The highest BCUT2D eigenvalue weighted by Crippen LogP contribution is 2.29. The average Bonchev–Trinajstić information content (AvgIpc) is 2.32. The molecule has 0 radical (unpaired) electrons. The lowest BCUT2D eigenvalue weighted by Crippen LogP contribution is -2.21. The van der Waals surface area contributed by atoms with E-state index in [2.05, 4.69) is 9.72 Å². The van der Waals surface area contributed by atoms with Crippen molar-refractivity contribution >= 4 is 5.97 Å². The van der Waals surface area contributed by atoms with E-state index in [9.17, 15) is 18.0 Å². The molecule has 0 aliphatic carbocycles. The molecule has 0 bridgehead atoms. The molecule has 0 saturated heterocycles. The Kier molecular flexibility index (Phi) is 5.32. The number of rotatable bonds is 5. The van der Waals surface area contributed by atoms with Gasteiger partial charge in [-0.05, 0) is 25.5 Å². The van der Waals surface area contributed by atoms with Crippen molar-refractivity contribution < 1.29 is 27.4 Å². The average molecular weight is 292 g/mol. The van der Waals surface area contributed by atoms with Crippen LogP contribution in [-0.2, 0) is 22.5 Å². The molecule has 0 spiro atoms. The van der Waals surface area contributed by atoms with Gasteiger partial charge in [0.2, 0.25) is 0 Å². The van der Waals surface area contributed by atoms with E-state index in [1.807, 2.05) is 0 Å². The number of esters is 1. The molecule has 0 atom stereocenters. The number of hydrogen-bond acceptors (Lipinski definition) is 5. The molecule has 112 valence electrons. The fourth-order valence-corrected chi connectivity index (χ4v) is 1.63. The van der Waals surface area contributed by atoms with E-state index >= 15 is 0 Å². The minimum absolute atomic E-state index is 0.0446. The lowest BCUT2D eigenvalue weighted by molar-refractivity contribution is -0.275. The van der Waals surface area contributed by atoms with Crippen molar-refractivity contribution in [2.75, 3.05) is 6.61 Å². The van der Waals surface area contributed by atoms with Gasteiger partial charge in [-0.25, -0.2) is 0 Å². The second-order valence-corrected chi connectivity index (χ2v) is 3.94. The third-order valence-electron chi connectivity index (χ3n) is 2.33. The summed E-state index contributed by atoms with van der Waals surface area (Å²) in [5.41, 5.74) is 5.85. The SMILES string of the molecule is CCOC(=O)Cc1nc(CN)cc(C)c1OC(F)(F)F. The van der Waals surface area contributed by atoms with Crippen LogP contribution in [0.15, 0.2) is 6.07 Å². The largest absolute Gasteiger partial charge is 0.573 e. The molecule has 0 aliphatic rings. The zero-order valence-corrected chi connectivity index (χ0v) is 11.1. The summed E-state index contributed by atoms with van der Waals surface area (Å²) in [6, 6.07) is 1.38. The van der Waals surface area contributed by atoms with Crippen molar-refractivity contribution in [1.29, 1.82) is 0 Å². The van der Waals surface area contributed by atoms with Gasteiger partial charge in [0, 0.05) is 6.54 Å². The number of nitrogens with zero attached hydrogens (tertiary/aromatic N) is 1. The number of hydrogen-bond donors (Lipinski definition) is 1. The van der Waals surface area contributed by atoms with Crippen LogP contribution in [-0.4, -0.2) is 23.9 Å². The van der Waals surface area contributed by atoms with Gasteiger partial charge in [-0.3, -0.25) is 9.78 Å². The number of ether oxygens (including phenoxy) is 2. The molecule has 20 heavy (non-hydrogen) atoms. The van der Waals surface area contributed by atoms with E-state index in [0.717, 1.165) is 0 Å². The first kappa shape index (κ1) is 16.2. The van der Waals surface area contributed by atoms with Crippen LogP contribution in [0.4, 0.5) is 13.2 Å². The molecule has 0 fully saturated rings. The maximum Gasteiger partial charge on any atom is 0.573 e. The van der Waals surface area contributed by atoms with Crippen molar-refractivity contribution in [1.82, 2.24) is 4.98 Å². The first-order chi connectivity index (χ1) is 9.26. The van der Waals surface area contributed by atoms with Crippen LogP contribution in [0.5, 0.6) is 5.75 Å². The molecule has 8 heteroatoms. The minimum Gasteiger partial charge on any atom is -0.466 e. The Balaban J connectivity index is 3.15. The van der Waals surface area contributed by atoms with E-state index < -0.39 is 24.5 Å². The quantitative estimate of drug-likeness (QED) is 0.838. The van der Waals surface area contributed by atoms with E-state index in [1.165, 1.54) is 13.0 Å². The van der Waals surface area contributed by atoms with Crippen molar-refractivity contribution in [3.63, 3.8) is 0 Å². The highest BCUT2D eigenvalue weighted by molar-refractivity contribution is 5.73. The molecule has 0 saturated carbocycles. The maximum atomic E-state index is 12.4. The van der Waals surface area contributed by atoms with Gasteiger partial charge in [0.15, 0.2) is 5.75 Å². The predicted octanol–water partition coefficient (Wildman–Crippen LogP) is 1.85. The first-order valence-electron chi connectivity index (χ1n) is 5.87. The van der Waals surface area contributed by atoms with Gasteiger partial charge in [-0.15, -0.1) is 13.2 Å². The number of alkyl halides is 3. The van der Waals surface area contributed by atoms with Crippen molar-refractivity contribution in [2.24, 2.45) is 5.73 Å². The van der Waals surface area contributed by atoms with Crippen molar-refractivity contribution in [3.05, 3.63) is 23.0 Å². The highest BCUT2D eigenvalue weighted by Gasteiger charge is 2.33. The van der Waals surface area contributed by atoms with Crippen molar-refractivity contribution in [2.45, 2.75) is 33.2 Å². The fraction of sp³-hybridized carbons (Fsp3) is 0.500. The fourth-order valence-electron chi connectivity index (χ4n) is 1.63. The standard InChI is InChI=1S/C12H15F3N2O3/c1-3-19-10(18)5-9-11(20-12(13,14)15)7(2)4-8(6-16)17-9/h4H,3,5-6,16H2,1-2H3. The van der Waals surface area contributed by atoms with Gasteiger partial charge in [0.25, 0.3) is 0 Å². The summed E-state index contributed by atoms with van der Waals surface area (Å²) in [5.74, 6) is -1.16. The van der Waals surface area contributed by atoms with Crippen LogP contribution in [0.3, 0.4) is 0 Å². The number of halogens is 3. The molecule has 0 aromatic carbocycles. The summed E-state index contributed by atoms with van der Waals surface area (Å²) in [4.78, 5) is 15.3. The number of nitrogens with two attached hydrogens (primary N) is 1. The second-order valence-electron chi connectivity index (χ2n) is 3.94. The molecule has 1 aromatic heterocycles. The molecule has 1 aromatic rings. The molecular formula is C12H15F3N2O3. The van der Waals surface area contributed by atoms with Gasteiger partial charge in [0.05, 0.1) is 24.4 Å². The van der Waals surface area contributed by atoms with Gasteiger partial charge >= 0.3 is 12.3 Å². The molecule has 2 N–H and O–H groups in total. The Hall–Kier alpha value is -1.83. The number of pyridine rings is 1. The van der Waals surface area contributed by atoms with Gasteiger partial charge in [0.1, 0.15) is 0 Å². The monoisotopic (exact) mass is 292 g/mol. The molecule has 1 rings (SSSR count). The van der Waals surface area contributed by atoms with Crippen LogP contribution in [0, 0.1) is 6.92 Å². The zero-order valence-electron chi connectivity index (χ0n) is 11.1. The molecule has 5 nitrogen and oxygen atoms in total. The predicted molar refractivity (Wildman–Crippen MR) is 63.9 cm³/mol. The van der Waals surface area contributed by atoms with Gasteiger partial charge in [-0.1, -0.05) is 0 Å². The summed E-state index contributed by atoms with van der Waals surface area (Å²) < 4.78 is 45.8. The van der Waals surface area contributed by atoms with Crippen LogP contribution < -0.4 is 10.5 Å². The van der Waals surface area contributed by atoms with Crippen LogP contribution >= 0.6 is 0 Å². The Bertz CT molecular complexity index is 490. The summed E-state index contributed by atoms with van der Waals surface area (Å²) >= 11 is 0. The summed E-state index contributed by atoms with van der Waals surface area (Å²) in [7, 11) is 0. The maximum absolute atomic E-state index is 12.4. The Morgan fingerprint density at radius 2 is 2.10 bits per heavy atom. The Morgan fingerprint density at radius 3 is 2.60 bits per heavy atom. The van der Waals surface area contributed by atoms with Crippen LogP contribution in [0.2, 0.25) is 0 Å². The van der Waals surface area contributed by atoms with E-state index in [-0.39, 0.29) is 24.4 Å². The molecule has 1 heterocycles. The Morgan fingerprint density at radius 1 is 1.45 bits per heavy atom. The van der Waals surface area contributed by atoms with E-state index in [4.69, 9.17) is 10.5 Å². The number of aryl methyl sites for hydroxylation is 1. The Labute approximate surface area is 113 Å². The topological polar surface area (TPSA) is 74.4 Å². The summed E-state index contributed by atoms with van der Waals surface area (Å²) in [6.07, 6.45) is -5.27. The molecule has 0 unspecified atom stereocenters. The lowest BCUT2D eigenvalue weighted by atomic mass is 10.1. The minimum atomic E-state index is -4.86. The lowest BCUT2D eigenvalue weighted by Gasteiger charge is -2.16. The third kappa shape index (κ3) is 4.69. The van der Waals surface area contributed by atoms with Gasteiger partial charge < -0.3 is 15.2 Å². The normalized spacial score (nSPS) is 11.3. The highest BCUT2D eigenvalue weighted by atomic mass is 19.4. The third-order valence-corrected chi connectivity index (χ3v) is 2.33. The number of carbonyl (C=O) groups excluding carboxylic acids is 1. The zero-order chi connectivity index (χ0) is 15.3. The first-order valence-corrected chi connectivity index (χ1v) is 5.87. The summed E-state index contributed by atoms with van der Waals surface area (Å²) in [6.45, 7) is 3.20. The van der Waals surface area contributed by atoms with E-state index in [0.29, 0.717) is 5.69 Å². The molecule has 0 amide bonds. The van der Waals surface area contributed by atoms with E-state index in [1.54, 1.807) is 6.92 Å². The van der Waals surface area contributed by atoms with Gasteiger partial charge in [-0.2, -0.15) is 0 Å². The van der Waals surface area contributed by atoms with Crippen LogP contribution in [0.25, 0.3) is 0 Å². The number of aromatic nitrogens is 1. The van der Waals surface area contributed by atoms with Crippen LogP contribution in [0.1, 0.15) is 23.9 Å². The summed E-state index contributed by atoms with van der Waals surface area (Å²) in [5, 5.41) is 0. The molecule has 0 aliphatic heterocycles. The van der Waals surface area contributed by atoms with Crippen molar-refractivity contribution in [3.8, 4) is 5.75 Å².